The zero-order chi connectivity index (χ0) is 32.8. The van der Waals surface area contributed by atoms with E-state index in [1.54, 1.807) is 0 Å². The molecule has 0 fully saturated rings. The van der Waals surface area contributed by atoms with E-state index in [-0.39, 0.29) is 0 Å². The molecular formula is C50H30. The molecule has 0 heteroatoms. The molecule has 0 amide bonds. The third-order valence-corrected chi connectivity index (χ3v) is 11.0. The van der Waals surface area contributed by atoms with Gasteiger partial charge in [0.25, 0.3) is 0 Å². The largest absolute Gasteiger partial charge is 0.0622 e. The lowest BCUT2D eigenvalue weighted by atomic mass is 9.81. The summed E-state index contributed by atoms with van der Waals surface area (Å²) in [6, 6.07) is 67.8. The van der Waals surface area contributed by atoms with Crippen LogP contribution in [0.25, 0.3) is 109 Å². The summed E-state index contributed by atoms with van der Waals surface area (Å²) >= 11 is 0. The van der Waals surface area contributed by atoms with Gasteiger partial charge in [-0.25, -0.2) is 0 Å². The van der Waals surface area contributed by atoms with Crippen LogP contribution in [-0.2, 0) is 0 Å². The highest BCUT2D eigenvalue weighted by Gasteiger charge is 2.21. The van der Waals surface area contributed by atoms with Crippen molar-refractivity contribution in [1.29, 1.82) is 0 Å². The molecule has 0 unspecified atom stereocenters. The average molecular weight is 631 g/mol. The summed E-state index contributed by atoms with van der Waals surface area (Å²) in [5, 5.41) is 15.7. The molecule has 0 bridgehead atoms. The molecule has 11 aromatic carbocycles. The Bertz CT molecular complexity index is 2820. The molecule has 0 radical (unpaired) electrons. The van der Waals surface area contributed by atoms with Crippen LogP contribution in [0.15, 0.2) is 182 Å². The predicted octanol–water partition coefficient (Wildman–Crippen LogP) is 14.1. The summed E-state index contributed by atoms with van der Waals surface area (Å²) in [6.45, 7) is 0. The Morgan fingerprint density at radius 2 is 0.540 bits per heavy atom. The number of benzene rings is 11. The van der Waals surface area contributed by atoms with Crippen molar-refractivity contribution in [2.24, 2.45) is 0 Å². The molecular weight excluding hydrogens is 601 g/mol. The van der Waals surface area contributed by atoms with E-state index in [1.165, 1.54) is 109 Å². The second-order valence-electron chi connectivity index (χ2n) is 13.6. The second-order valence-corrected chi connectivity index (χ2v) is 13.6. The minimum atomic E-state index is 1.22. The Hall–Kier alpha value is -6.50. The van der Waals surface area contributed by atoms with E-state index in [0.717, 1.165) is 0 Å². The first-order valence-corrected chi connectivity index (χ1v) is 17.4. The Kier molecular flexibility index (Phi) is 5.76. The summed E-state index contributed by atoms with van der Waals surface area (Å²) in [5.74, 6) is 0. The summed E-state index contributed by atoms with van der Waals surface area (Å²) in [7, 11) is 0. The molecule has 0 aliphatic rings. The number of hydrogen-bond acceptors (Lipinski definition) is 0. The lowest BCUT2D eigenvalue weighted by Crippen LogP contribution is -1.95. The van der Waals surface area contributed by atoms with Gasteiger partial charge in [0, 0.05) is 0 Å². The van der Waals surface area contributed by atoms with Gasteiger partial charge in [0.1, 0.15) is 0 Å². The maximum atomic E-state index is 2.47. The fourth-order valence-corrected chi connectivity index (χ4v) is 8.70. The smallest absolute Gasteiger partial charge is 0.00206 e. The molecule has 0 saturated carbocycles. The maximum Gasteiger partial charge on any atom is -0.00206 e. The fraction of sp³-hybridized carbons (Fsp3) is 0. The summed E-state index contributed by atoms with van der Waals surface area (Å²) in [5.41, 5.74) is 9.91. The molecule has 0 heterocycles. The van der Waals surface area contributed by atoms with Crippen molar-refractivity contribution >= 4 is 64.6 Å². The fourth-order valence-electron chi connectivity index (χ4n) is 8.70. The zero-order valence-electron chi connectivity index (χ0n) is 27.3. The average Bonchev–Trinajstić information content (AvgIpc) is 3.19. The molecule has 0 N–H and O–H groups in total. The lowest BCUT2D eigenvalue weighted by Gasteiger charge is -2.22. The molecule has 230 valence electrons. The summed E-state index contributed by atoms with van der Waals surface area (Å²) in [4.78, 5) is 0. The Morgan fingerprint density at radius 3 is 0.940 bits per heavy atom. The van der Waals surface area contributed by atoms with Crippen LogP contribution in [0.3, 0.4) is 0 Å². The van der Waals surface area contributed by atoms with E-state index >= 15 is 0 Å². The van der Waals surface area contributed by atoms with Gasteiger partial charge in [-0.15, -0.1) is 0 Å². The maximum absolute atomic E-state index is 2.47. The van der Waals surface area contributed by atoms with Crippen molar-refractivity contribution in [3.63, 3.8) is 0 Å². The third kappa shape index (κ3) is 3.94. The van der Waals surface area contributed by atoms with Gasteiger partial charge in [-0.05, 0) is 121 Å². The van der Waals surface area contributed by atoms with Crippen molar-refractivity contribution in [3.8, 4) is 44.5 Å². The normalized spacial score (nSPS) is 12.0. The SMILES string of the molecule is c1ccc(-c2cc(-c3ccc4ccc5cccc6ccc3c4c56)c(-c3ccc4ccc5cccc6ccc3c4c56)cc2-c2ccccc2)cc1. The number of rotatable bonds is 4. The molecule has 0 saturated heterocycles. The molecule has 0 nitrogen and oxygen atoms in total. The van der Waals surface area contributed by atoms with E-state index in [2.05, 4.69) is 182 Å². The van der Waals surface area contributed by atoms with Crippen molar-refractivity contribution in [2.45, 2.75) is 0 Å². The van der Waals surface area contributed by atoms with Gasteiger partial charge < -0.3 is 0 Å². The summed E-state index contributed by atoms with van der Waals surface area (Å²) < 4.78 is 0. The Labute approximate surface area is 290 Å². The standard InChI is InChI=1S/C50H30/c1-3-9-31(10-4-1)43-29-45(39-25-21-37-19-17-33-13-7-15-35-23-27-41(39)49(37)47(33)35)46(30-44(43)32-11-5-2-6-12-32)40-26-22-38-20-18-34-14-8-16-36-24-28-42(40)50(38)48(34)36/h1-30H. The van der Waals surface area contributed by atoms with E-state index < -0.39 is 0 Å². The zero-order valence-corrected chi connectivity index (χ0v) is 27.3. The minimum Gasteiger partial charge on any atom is -0.0622 e. The van der Waals surface area contributed by atoms with Gasteiger partial charge in [-0.1, -0.05) is 170 Å². The number of hydrogen-bond donors (Lipinski definition) is 0. The molecule has 0 aromatic heterocycles. The summed E-state index contributed by atoms with van der Waals surface area (Å²) in [6.07, 6.45) is 0. The van der Waals surface area contributed by atoms with Gasteiger partial charge in [-0.2, -0.15) is 0 Å². The molecule has 0 atom stereocenters. The van der Waals surface area contributed by atoms with Gasteiger partial charge in [0.05, 0.1) is 0 Å². The van der Waals surface area contributed by atoms with E-state index in [4.69, 9.17) is 0 Å². The van der Waals surface area contributed by atoms with Crippen molar-refractivity contribution in [1.82, 2.24) is 0 Å². The Morgan fingerprint density at radius 1 is 0.200 bits per heavy atom. The van der Waals surface area contributed by atoms with Gasteiger partial charge >= 0.3 is 0 Å². The van der Waals surface area contributed by atoms with Crippen molar-refractivity contribution in [3.05, 3.63) is 182 Å². The van der Waals surface area contributed by atoms with Crippen LogP contribution in [-0.4, -0.2) is 0 Å². The highest BCUT2D eigenvalue weighted by molar-refractivity contribution is 6.28. The van der Waals surface area contributed by atoms with Crippen molar-refractivity contribution in [2.75, 3.05) is 0 Å². The topological polar surface area (TPSA) is 0 Å². The molecule has 11 aromatic rings. The first kappa shape index (κ1) is 27.5. The molecule has 0 aliphatic carbocycles. The monoisotopic (exact) mass is 630 g/mol. The van der Waals surface area contributed by atoms with Crippen LogP contribution in [0, 0.1) is 0 Å². The molecule has 11 rings (SSSR count). The quantitative estimate of drug-likeness (QED) is 0.170. The van der Waals surface area contributed by atoms with Crippen LogP contribution in [0.2, 0.25) is 0 Å². The van der Waals surface area contributed by atoms with Crippen LogP contribution >= 0.6 is 0 Å². The molecule has 0 spiro atoms. The van der Waals surface area contributed by atoms with Crippen LogP contribution < -0.4 is 0 Å². The predicted molar refractivity (Wildman–Crippen MR) is 216 cm³/mol. The van der Waals surface area contributed by atoms with Crippen LogP contribution in [0.1, 0.15) is 0 Å². The van der Waals surface area contributed by atoms with Gasteiger partial charge in [0.2, 0.25) is 0 Å². The highest BCUT2D eigenvalue weighted by Crippen LogP contribution is 2.48. The third-order valence-electron chi connectivity index (χ3n) is 11.0. The molecule has 50 heavy (non-hydrogen) atoms. The van der Waals surface area contributed by atoms with Gasteiger partial charge in [0.15, 0.2) is 0 Å². The van der Waals surface area contributed by atoms with E-state index in [0.29, 0.717) is 0 Å². The first-order chi connectivity index (χ1) is 24.8. The second kappa shape index (κ2) is 10.5. The van der Waals surface area contributed by atoms with E-state index in [1.807, 2.05) is 0 Å². The minimum absolute atomic E-state index is 1.22. The Balaban J connectivity index is 1.31. The highest BCUT2D eigenvalue weighted by atomic mass is 14.2. The molecule has 0 aliphatic heterocycles. The van der Waals surface area contributed by atoms with Crippen LogP contribution in [0.4, 0.5) is 0 Å². The first-order valence-electron chi connectivity index (χ1n) is 17.4. The van der Waals surface area contributed by atoms with Crippen molar-refractivity contribution < 1.29 is 0 Å². The van der Waals surface area contributed by atoms with E-state index in [9.17, 15) is 0 Å². The lowest BCUT2D eigenvalue weighted by molar-refractivity contribution is 1.56. The van der Waals surface area contributed by atoms with Gasteiger partial charge in [-0.3, -0.25) is 0 Å². The van der Waals surface area contributed by atoms with Crippen LogP contribution in [0.5, 0.6) is 0 Å².